The fraction of sp³-hybridized carbons (Fsp3) is 0.265. The van der Waals surface area contributed by atoms with Crippen molar-refractivity contribution in [2.45, 2.75) is 45.3 Å². The first-order valence-corrected chi connectivity index (χ1v) is 19.2. The van der Waals surface area contributed by atoms with Gasteiger partial charge in [-0.05, 0) is 0 Å². The number of alkyl halides is 6. The van der Waals surface area contributed by atoms with Gasteiger partial charge in [0.05, 0.1) is 0 Å². The normalized spacial score (nSPS) is 14.2. The molecule has 2 nitrogen and oxygen atoms in total. The van der Waals surface area contributed by atoms with Crippen LogP contribution in [-0.2, 0) is 18.5 Å². The zero-order chi connectivity index (χ0) is 33.1. The van der Waals surface area contributed by atoms with Gasteiger partial charge >= 0.3 is 274 Å². The molecule has 0 aromatic heterocycles. The number of hydrogen-bond acceptors (Lipinski definition) is 1. The van der Waals surface area contributed by atoms with Gasteiger partial charge < -0.3 is 0 Å². The van der Waals surface area contributed by atoms with Gasteiger partial charge in [-0.25, -0.2) is 0 Å². The summed E-state index contributed by atoms with van der Waals surface area (Å²) in [6.45, 7) is 6.06. The van der Waals surface area contributed by atoms with E-state index in [1.165, 1.54) is 0 Å². The average Bonchev–Trinajstić information content (AvgIpc) is 2.97. The Kier molecular flexibility index (Phi) is 10.1. The molecule has 2 N–H and O–H groups in total. The Morgan fingerprint density at radius 2 is 1.13 bits per heavy atom. The van der Waals surface area contributed by atoms with Crippen molar-refractivity contribution in [2.75, 3.05) is 11.5 Å². The molecule has 4 aromatic carbocycles. The first-order valence-electron chi connectivity index (χ1n) is 14.1. The summed E-state index contributed by atoms with van der Waals surface area (Å²) in [5, 5.41) is 4.67. The van der Waals surface area contributed by atoms with Gasteiger partial charge in [-0.15, -0.1) is 0 Å². The third-order valence-corrected chi connectivity index (χ3v) is 17.2. The van der Waals surface area contributed by atoms with Crippen molar-refractivity contribution in [1.82, 2.24) is 5.32 Å². The third-order valence-electron chi connectivity index (χ3n) is 7.81. The topological polar surface area (TPSA) is 24.1 Å². The van der Waals surface area contributed by atoms with Gasteiger partial charge in [0, 0.05) is 0 Å². The van der Waals surface area contributed by atoms with Crippen molar-refractivity contribution in [1.29, 1.82) is 0 Å². The van der Waals surface area contributed by atoms with Crippen LogP contribution in [0, 0.1) is 5.41 Å². The fourth-order valence-corrected chi connectivity index (χ4v) is 14.1. The predicted octanol–water partition coefficient (Wildman–Crippen LogP) is 10.1. The summed E-state index contributed by atoms with van der Waals surface area (Å²) in [4.78, 5) is 0. The molecule has 0 bridgehead atoms. The molecule has 11 heteroatoms. The molecular formula is C34H34BrF6N2PS. The van der Waals surface area contributed by atoms with Gasteiger partial charge in [-0.1, -0.05) is 0 Å². The number of hydrogen-bond donors (Lipinski definition) is 2. The van der Waals surface area contributed by atoms with Gasteiger partial charge in [-0.2, -0.15) is 0 Å². The van der Waals surface area contributed by atoms with E-state index in [4.69, 9.17) is 12.2 Å². The van der Waals surface area contributed by atoms with Crippen LogP contribution in [0.2, 0.25) is 0 Å². The molecule has 0 aliphatic carbocycles. The summed E-state index contributed by atoms with van der Waals surface area (Å²) < 4.78 is 81.1. The Bertz CT molecular complexity index is 1540. The van der Waals surface area contributed by atoms with Crippen molar-refractivity contribution < 1.29 is 26.3 Å². The van der Waals surface area contributed by atoms with E-state index in [1.54, 1.807) is 0 Å². The quantitative estimate of drug-likeness (QED) is 0.107. The molecule has 0 saturated carbocycles. The number of nitrogens with one attached hydrogen (secondary N) is 2. The Hall–Kier alpha value is -2.94. The number of anilines is 1. The van der Waals surface area contributed by atoms with Gasteiger partial charge in [0.15, 0.2) is 0 Å². The van der Waals surface area contributed by atoms with Crippen LogP contribution in [0.5, 0.6) is 0 Å². The summed E-state index contributed by atoms with van der Waals surface area (Å²) >= 11 is 9.99. The van der Waals surface area contributed by atoms with Crippen LogP contribution in [0.4, 0.5) is 32.0 Å². The second-order valence-electron chi connectivity index (χ2n) is 12.2. The van der Waals surface area contributed by atoms with E-state index in [0.29, 0.717) is 24.5 Å². The van der Waals surface area contributed by atoms with Crippen molar-refractivity contribution in [2.24, 2.45) is 5.41 Å². The van der Waals surface area contributed by atoms with Crippen molar-refractivity contribution in [3.8, 4) is 0 Å². The van der Waals surface area contributed by atoms with E-state index in [9.17, 15) is 26.3 Å². The average molecular weight is 728 g/mol. The maximum atomic E-state index is 13.5. The predicted molar refractivity (Wildman–Crippen MR) is 182 cm³/mol. The van der Waals surface area contributed by atoms with Crippen molar-refractivity contribution in [3.05, 3.63) is 126 Å². The summed E-state index contributed by atoms with van der Waals surface area (Å²) in [7, 11) is 0. The number of benzene rings is 4. The molecule has 0 aliphatic rings. The molecule has 0 heterocycles. The first kappa shape index (κ1) is 34.9. The van der Waals surface area contributed by atoms with E-state index in [2.05, 4.69) is 62.5 Å². The fourth-order valence-electron chi connectivity index (χ4n) is 5.38. The minimum atomic E-state index is -4.98. The zero-order valence-electron chi connectivity index (χ0n) is 24.9. The molecular weight excluding hydrogens is 693 g/mol. The van der Waals surface area contributed by atoms with E-state index >= 15 is 0 Å². The van der Waals surface area contributed by atoms with E-state index in [-0.39, 0.29) is 17.2 Å². The number of halogens is 7. The molecule has 0 amide bonds. The van der Waals surface area contributed by atoms with Crippen LogP contribution in [0.15, 0.2) is 109 Å². The Morgan fingerprint density at radius 1 is 0.711 bits per heavy atom. The van der Waals surface area contributed by atoms with Gasteiger partial charge in [0.25, 0.3) is 0 Å². The zero-order valence-corrected chi connectivity index (χ0v) is 28.2. The summed E-state index contributed by atoms with van der Waals surface area (Å²) in [6.07, 6.45) is -8.78. The minimum absolute atomic E-state index is 0.0826. The Labute approximate surface area is 273 Å². The molecule has 0 saturated heterocycles. The van der Waals surface area contributed by atoms with Gasteiger partial charge in [0.2, 0.25) is 0 Å². The SMILES string of the molecule is CC(C)(C)[C@@H](CP(Br)(Cc1ccccc1)(c1ccccc1)c1ccccc1)NC(=S)Nc1cc(C(F)(F)F)cc(C(F)(F)F)c1. The van der Waals surface area contributed by atoms with E-state index in [1.807, 2.05) is 75.4 Å². The van der Waals surface area contributed by atoms with Crippen LogP contribution in [0.1, 0.15) is 37.5 Å². The van der Waals surface area contributed by atoms with Gasteiger partial charge in [-0.3, -0.25) is 0 Å². The van der Waals surface area contributed by atoms with Crippen molar-refractivity contribution in [3.63, 3.8) is 0 Å². The van der Waals surface area contributed by atoms with Crippen LogP contribution in [0.25, 0.3) is 0 Å². The second kappa shape index (κ2) is 13.0. The maximum absolute atomic E-state index is 13.5. The van der Waals surface area contributed by atoms with E-state index < -0.39 is 39.9 Å². The summed E-state index contributed by atoms with van der Waals surface area (Å²) in [6, 6.07) is 31.3. The molecule has 0 fully saturated rings. The van der Waals surface area contributed by atoms with Crippen LogP contribution >= 0.6 is 33.0 Å². The molecule has 45 heavy (non-hydrogen) atoms. The molecule has 0 spiro atoms. The molecule has 0 aliphatic heterocycles. The first-order chi connectivity index (χ1) is 20.9. The molecule has 4 rings (SSSR count). The van der Waals surface area contributed by atoms with Crippen LogP contribution < -0.4 is 21.2 Å². The Balaban J connectivity index is 1.80. The Morgan fingerprint density at radius 3 is 1.53 bits per heavy atom. The van der Waals surface area contributed by atoms with E-state index in [0.717, 1.165) is 16.2 Å². The monoisotopic (exact) mass is 726 g/mol. The third kappa shape index (κ3) is 8.27. The van der Waals surface area contributed by atoms with Crippen LogP contribution in [-0.4, -0.2) is 17.3 Å². The second-order valence-corrected chi connectivity index (χ2v) is 22.2. The van der Waals surface area contributed by atoms with Gasteiger partial charge in [0.1, 0.15) is 0 Å². The molecule has 240 valence electrons. The molecule has 4 aromatic rings. The summed E-state index contributed by atoms with van der Waals surface area (Å²) in [5.41, 5.74) is -2.59. The molecule has 0 unspecified atom stereocenters. The number of rotatable bonds is 8. The van der Waals surface area contributed by atoms with Crippen LogP contribution in [0.3, 0.4) is 0 Å². The number of thiocarbonyl (C=S) groups is 1. The standard InChI is InChI=1S/C34H34BrF6N2PS/c1-32(2,3)30(43-31(45)42-27-20-25(33(36,37)38)19-26(21-27)34(39,40)41)23-44(35,28-15-9-5-10-16-28,29-17-11-6-12-18-29)22-24-13-7-4-8-14-24/h4-21,30H,22-23H2,1-3H3,(H2,42,43,45)/t30-/m1/s1. The molecule has 0 radical (unpaired) electrons. The molecule has 1 atom stereocenters. The van der Waals surface area contributed by atoms with Crippen molar-refractivity contribution >= 4 is 54.4 Å². The summed E-state index contributed by atoms with van der Waals surface area (Å²) in [5.74, 6) is 0.